The van der Waals surface area contributed by atoms with Gasteiger partial charge in [-0.2, -0.15) is 0 Å². The van der Waals surface area contributed by atoms with Crippen LogP contribution in [-0.4, -0.2) is 31.1 Å². The molecule has 0 spiro atoms. The summed E-state index contributed by atoms with van der Waals surface area (Å²) in [7, 11) is 0. The first-order chi connectivity index (χ1) is 9.69. The Kier molecular flexibility index (Phi) is 6.40. The number of ether oxygens (including phenoxy) is 1. The van der Waals surface area contributed by atoms with Crippen molar-refractivity contribution in [3.8, 4) is 0 Å². The molecule has 2 atom stereocenters. The Labute approximate surface area is 127 Å². The quantitative estimate of drug-likeness (QED) is 0.864. The molecule has 0 amide bonds. The predicted molar refractivity (Wildman–Crippen MR) is 88.5 cm³/mol. The number of hydrogen-bond acceptors (Lipinski definition) is 3. The molecule has 0 saturated carbocycles. The topological polar surface area (TPSA) is 21.3 Å². The van der Waals surface area contributed by atoms with Crippen LogP contribution >= 0.6 is 11.8 Å². The van der Waals surface area contributed by atoms with Gasteiger partial charge in [-0.3, -0.25) is 0 Å². The van der Waals surface area contributed by atoms with E-state index in [-0.39, 0.29) is 0 Å². The van der Waals surface area contributed by atoms with Crippen molar-refractivity contribution in [2.24, 2.45) is 0 Å². The molecule has 0 radical (unpaired) electrons. The Morgan fingerprint density at radius 3 is 2.70 bits per heavy atom. The molecule has 1 heterocycles. The second-order valence-corrected chi connectivity index (χ2v) is 7.00. The maximum atomic E-state index is 5.67. The first-order valence-electron chi connectivity index (χ1n) is 7.69. The van der Waals surface area contributed by atoms with E-state index < -0.39 is 0 Å². The van der Waals surface area contributed by atoms with Crippen LogP contribution in [0.5, 0.6) is 0 Å². The Hall–Kier alpha value is -0.510. The maximum Gasteiger partial charge on any atom is 0.0600 e. The normalized spacial score (nSPS) is 22.9. The van der Waals surface area contributed by atoms with Crippen LogP contribution in [0.25, 0.3) is 0 Å². The first-order valence-corrected chi connectivity index (χ1v) is 8.74. The third-order valence-corrected chi connectivity index (χ3v) is 5.10. The van der Waals surface area contributed by atoms with Gasteiger partial charge < -0.3 is 10.1 Å². The standard InChI is InChI=1S/C17H27NOS/c1-4-6-18-16-5-7-19-11-17(16)20-12-15-9-13(2)8-14(3)10-15/h8-10,16-18H,4-7,11-12H2,1-3H3. The molecular weight excluding hydrogens is 266 g/mol. The van der Waals surface area contributed by atoms with E-state index in [4.69, 9.17) is 4.74 Å². The summed E-state index contributed by atoms with van der Waals surface area (Å²) in [5.74, 6) is 1.08. The van der Waals surface area contributed by atoms with Gasteiger partial charge in [0, 0.05) is 23.7 Å². The van der Waals surface area contributed by atoms with Gasteiger partial charge in [0.15, 0.2) is 0 Å². The molecular formula is C17H27NOS. The van der Waals surface area contributed by atoms with Crippen LogP contribution in [0.15, 0.2) is 18.2 Å². The van der Waals surface area contributed by atoms with E-state index in [1.54, 1.807) is 0 Å². The van der Waals surface area contributed by atoms with Crippen molar-refractivity contribution < 1.29 is 4.74 Å². The molecule has 1 saturated heterocycles. The maximum absolute atomic E-state index is 5.67. The van der Waals surface area contributed by atoms with Crippen molar-refractivity contribution in [2.45, 2.75) is 50.7 Å². The lowest BCUT2D eigenvalue weighted by Crippen LogP contribution is -2.45. The van der Waals surface area contributed by atoms with Crippen LogP contribution in [0.3, 0.4) is 0 Å². The molecule has 3 heteroatoms. The zero-order valence-corrected chi connectivity index (χ0v) is 13.8. The molecule has 1 aliphatic rings. The Balaban J connectivity index is 1.90. The molecule has 0 aliphatic carbocycles. The summed E-state index contributed by atoms with van der Waals surface area (Å²) in [5.41, 5.74) is 4.16. The minimum Gasteiger partial charge on any atom is -0.380 e. The number of rotatable bonds is 6. The van der Waals surface area contributed by atoms with Crippen molar-refractivity contribution in [3.05, 3.63) is 34.9 Å². The highest BCUT2D eigenvalue weighted by atomic mass is 32.2. The van der Waals surface area contributed by atoms with Gasteiger partial charge in [0.25, 0.3) is 0 Å². The molecule has 2 rings (SSSR count). The minimum absolute atomic E-state index is 0.580. The molecule has 112 valence electrons. The molecule has 1 aliphatic heterocycles. The lowest BCUT2D eigenvalue weighted by atomic mass is 10.1. The molecule has 20 heavy (non-hydrogen) atoms. The zero-order chi connectivity index (χ0) is 14.4. The Morgan fingerprint density at radius 2 is 2.00 bits per heavy atom. The molecule has 1 aromatic rings. The summed E-state index contributed by atoms with van der Waals surface area (Å²) in [6.07, 6.45) is 2.34. The monoisotopic (exact) mass is 293 g/mol. The van der Waals surface area contributed by atoms with Gasteiger partial charge in [-0.15, -0.1) is 11.8 Å². The highest BCUT2D eigenvalue weighted by Gasteiger charge is 2.25. The van der Waals surface area contributed by atoms with Crippen molar-refractivity contribution in [1.29, 1.82) is 0 Å². The van der Waals surface area contributed by atoms with Gasteiger partial charge in [0.1, 0.15) is 0 Å². The number of thioether (sulfide) groups is 1. The van der Waals surface area contributed by atoms with E-state index in [0.29, 0.717) is 11.3 Å². The SMILES string of the molecule is CCCNC1CCOCC1SCc1cc(C)cc(C)c1. The van der Waals surface area contributed by atoms with Gasteiger partial charge >= 0.3 is 0 Å². The fraction of sp³-hybridized carbons (Fsp3) is 0.647. The van der Waals surface area contributed by atoms with Crippen LogP contribution in [0, 0.1) is 13.8 Å². The van der Waals surface area contributed by atoms with Crippen LogP contribution in [0.2, 0.25) is 0 Å². The molecule has 1 aromatic carbocycles. The summed E-state index contributed by atoms with van der Waals surface area (Å²) < 4.78 is 5.67. The van der Waals surface area contributed by atoms with E-state index in [9.17, 15) is 0 Å². The highest BCUT2D eigenvalue weighted by molar-refractivity contribution is 7.99. The van der Waals surface area contributed by atoms with Crippen molar-refractivity contribution in [1.82, 2.24) is 5.32 Å². The molecule has 0 aromatic heterocycles. The average Bonchev–Trinajstić information content (AvgIpc) is 2.43. The molecule has 0 bridgehead atoms. The number of aryl methyl sites for hydroxylation is 2. The second-order valence-electron chi connectivity index (χ2n) is 5.77. The molecule has 1 fully saturated rings. The number of benzene rings is 1. The fourth-order valence-electron chi connectivity index (χ4n) is 2.79. The van der Waals surface area contributed by atoms with Crippen LogP contribution in [0.1, 0.15) is 36.5 Å². The van der Waals surface area contributed by atoms with Crippen LogP contribution < -0.4 is 5.32 Å². The van der Waals surface area contributed by atoms with E-state index in [0.717, 1.165) is 31.9 Å². The van der Waals surface area contributed by atoms with E-state index in [1.165, 1.54) is 23.1 Å². The van der Waals surface area contributed by atoms with Gasteiger partial charge in [-0.25, -0.2) is 0 Å². The summed E-state index contributed by atoms with van der Waals surface area (Å²) in [6, 6.07) is 7.46. The van der Waals surface area contributed by atoms with Gasteiger partial charge in [0.2, 0.25) is 0 Å². The fourth-order valence-corrected chi connectivity index (χ4v) is 4.03. The number of hydrogen-bond donors (Lipinski definition) is 1. The zero-order valence-electron chi connectivity index (χ0n) is 12.9. The summed E-state index contributed by atoms with van der Waals surface area (Å²) in [5, 5.41) is 4.26. The Bertz CT molecular complexity index is 401. The number of nitrogens with one attached hydrogen (secondary N) is 1. The van der Waals surface area contributed by atoms with E-state index in [2.05, 4.69) is 44.3 Å². The smallest absolute Gasteiger partial charge is 0.0600 e. The Morgan fingerprint density at radius 1 is 1.25 bits per heavy atom. The summed E-state index contributed by atoms with van der Waals surface area (Å²) in [6.45, 7) is 9.49. The van der Waals surface area contributed by atoms with E-state index in [1.807, 2.05) is 11.8 Å². The third kappa shape index (κ3) is 4.80. The third-order valence-electron chi connectivity index (χ3n) is 3.71. The van der Waals surface area contributed by atoms with Crippen LogP contribution in [0.4, 0.5) is 0 Å². The van der Waals surface area contributed by atoms with Crippen LogP contribution in [-0.2, 0) is 10.5 Å². The largest absolute Gasteiger partial charge is 0.380 e. The average molecular weight is 293 g/mol. The first kappa shape index (κ1) is 15.9. The lowest BCUT2D eigenvalue weighted by molar-refractivity contribution is 0.0833. The van der Waals surface area contributed by atoms with E-state index >= 15 is 0 Å². The summed E-state index contributed by atoms with van der Waals surface area (Å²) in [4.78, 5) is 0. The molecule has 1 N–H and O–H groups in total. The molecule has 2 unspecified atom stereocenters. The molecule has 2 nitrogen and oxygen atoms in total. The van der Waals surface area contributed by atoms with Crippen molar-refractivity contribution >= 4 is 11.8 Å². The van der Waals surface area contributed by atoms with Crippen molar-refractivity contribution in [2.75, 3.05) is 19.8 Å². The van der Waals surface area contributed by atoms with Gasteiger partial charge in [0.05, 0.1) is 6.61 Å². The van der Waals surface area contributed by atoms with Crippen molar-refractivity contribution in [3.63, 3.8) is 0 Å². The van der Waals surface area contributed by atoms with Gasteiger partial charge in [-0.1, -0.05) is 36.2 Å². The lowest BCUT2D eigenvalue weighted by Gasteiger charge is -2.32. The predicted octanol–water partition coefficient (Wildman–Crippen LogP) is 3.69. The summed E-state index contributed by atoms with van der Waals surface area (Å²) >= 11 is 2.04. The second kappa shape index (κ2) is 8.06. The van der Waals surface area contributed by atoms with Gasteiger partial charge in [-0.05, 0) is 38.8 Å². The highest BCUT2D eigenvalue weighted by Crippen LogP contribution is 2.26. The minimum atomic E-state index is 0.580.